The molecule has 1 spiro atoms. The molecule has 1 aromatic rings. The van der Waals surface area contributed by atoms with Crippen LogP contribution in [-0.2, 0) is 12.8 Å². The van der Waals surface area contributed by atoms with Crippen molar-refractivity contribution in [2.45, 2.75) is 58.3 Å². The number of piperidine rings is 1. The fraction of sp³-hybridized carbons (Fsp3) is 0.700. The molecule has 116 valence electrons. The van der Waals surface area contributed by atoms with Gasteiger partial charge in [0.25, 0.3) is 0 Å². The van der Waals surface area contributed by atoms with Crippen molar-refractivity contribution >= 4 is 0 Å². The van der Waals surface area contributed by atoms with Crippen LogP contribution in [0.3, 0.4) is 0 Å². The first kappa shape index (κ1) is 15.1. The second-order valence-electron chi connectivity index (χ2n) is 7.67. The minimum Gasteiger partial charge on any atom is -0.306 e. The molecule has 0 radical (unpaired) electrons. The Kier molecular flexibility index (Phi) is 4.69. The Labute approximate surface area is 130 Å². The molecule has 1 heteroatoms. The van der Waals surface area contributed by atoms with Crippen molar-refractivity contribution in [3.05, 3.63) is 35.4 Å². The summed E-state index contributed by atoms with van der Waals surface area (Å²) in [7, 11) is 2.28. The molecule has 0 aromatic heterocycles. The summed E-state index contributed by atoms with van der Waals surface area (Å²) in [5.41, 5.74) is 3.90. The lowest BCUT2D eigenvalue weighted by molar-refractivity contribution is 0.0942. The van der Waals surface area contributed by atoms with E-state index in [-0.39, 0.29) is 0 Å². The molecule has 0 N–H and O–H groups in total. The maximum Gasteiger partial charge on any atom is -0.00164 e. The van der Waals surface area contributed by atoms with E-state index in [0.717, 1.165) is 5.92 Å². The predicted molar refractivity (Wildman–Crippen MR) is 90.6 cm³/mol. The van der Waals surface area contributed by atoms with Gasteiger partial charge in [-0.05, 0) is 74.7 Å². The van der Waals surface area contributed by atoms with Gasteiger partial charge in [-0.1, -0.05) is 50.5 Å². The van der Waals surface area contributed by atoms with Crippen molar-refractivity contribution < 1.29 is 0 Å². The molecule has 1 heterocycles. The van der Waals surface area contributed by atoms with Gasteiger partial charge in [-0.2, -0.15) is 0 Å². The summed E-state index contributed by atoms with van der Waals surface area (Å²) in [5, 5.41) is 0. The van der Waals surface area contributed by atoms with Gasteiger partial charge >= 0.3 is 0 Å². The topological polar surface area (TPSA) is 3.24 Å². The fourth-order valence-corrected chi connectivity index (χ4v) is 4.57. The summed E-state index contributed by atoms with van der Waals surface area (Å²) in [6.45, 7) is 4.92. The molecule has 3 rings (SSSR count). The zero-order valence-electron chi connectivity index (χ0n) is 13.9. The van der Waals surface area contributed by atoms with E-state index in [9.17, 15) is 0 Å². The molecule has 2 aliphatic rings. The average molecular weight is 285 g/mol. The van der Waals surface area contributed by atoms with Crippen molar-refractivity contribution in [1.82, 2.24) is 4.90 Å². The maximum atomic E-state index is 2.52. The minimum atomic E-state index is 0.595. The van der Waals surface area contributed by atoms with E-state index >= 15 is 0 Å². The average Bonchev–Trinajstić information content (AvgIpc) is 2.65. The zero-order valence-corrected chi connectivity index (χ0v) is 13.9. The molecule has 0 bridgehead atoms. The van der Waals surface area contributed by atoms with Gasteiger partial charge in [0.2, 0.25) is 0 Å². The van der Waals surface area contributed by atoms with E-state index < -0.39 is 0 Å². The highest BCUT2D eigenvalue weighted by Gasteiger charge is 2.38. The van der Waals surface area contributed by atoms with Gasteiger partial charge in [0, 0.05) is 0 Å². The minimum absolute atomic E-state index is 0.595. The predicted octanol–water partition coefficient (Wildman–Crippen LogP) is 4.69. The largest absolute Gasteiger partial charge is 0.306 e. The van der Waals surface area contributed by atoms with Crippen LogP contribution in [0.25, 0.3) is 0 Å². The van der Waals surface area contributed by atoms with Crippen molar-refractivity contribution in [2.75, 3.05) is 20.1 Å². The standard InChI is InChI=1S/C20H31N/c1-3-4-7-17-14-18-8-5-6-9-19(18)16-20(15-17)10-12-21(2)13-11-20/h5-6,8-9,17H,3-4,7,10-16H2,1-2H3. The Hall–Kier alpha value is -0.820. The van der Waals surface area contributed by atoms with Crippen molar-refractivity contribution in [1.29, 1.82) is 0 Å². The normalized spacial score (nSPS) is 25.5. The number of rotatable bonds is 3. The molecule has 1 saturated heterocycles. The van der Waals surface area contributed by atoms with Gasteiger partial charge in [0.15, 0.2) is 0 Å². The molecule has 1 unspecified atom stereocenters. The Morgan fingerprint density at radius 2 is 1.86 bits per heavy atom. The van der Waals surface area contributed by atoms with Crippen LogP contribution in [0.15, 0.2) is 24.3 Å². The summed E-state index contributed by atoms with van der Waals surface area (Å²) in [4.78, 5) is 2.52. The molecule has 1 aromatic carbocycles. The van der Waals surface area contributed by atoms with E-state index in [1.165, 1.54) is 64.5 Å². The number of fused-ring (bicyclic) bond motifs is 1. The molecule has 0 saturated carbocycles. The van der Waals surface area contributed by atoms with E-state index in [1.54, 1.807) is 11.1 Å². The van der Waals surface area contributed by atoms with Gasteiger partial charge in [0.05, 0.1) is 0 Å². The molecule has 21 heavy (non-hydrogen) atoms. The van der Waals surface area contributed by atoms with E-state index in [2.05, 4.69) is 43.1 Å². The molecule has 1 atom stereocenters. The molecule has 1 aliphatic heterocycles. The zero-order chi connectivity index (χ0) is 14.7. The highest BCUT2D eigenvalue weighted by atomic mass is 15.1. The first-order valence-electron chi connectivity index (χ1n) is 8.96. The van der Waals surface area contributed by atoms with Crippen molar-refractivity contribution in [3.8, 4) is 0 Å². The summed E-state index contributed by atoms with van der Waals surface area (Å²) in [6.07, 6.45) is 11.1. The Morgan fingerprint density at radius 3 is 2.57 bits per heavy atom. The van der Waals surface area contributed by atoms with E-state index in [1.807, 2.05) is 0 Å². The highest BCUT2D eigenvalue weighted by molar-refractivity contribution is 5.30. The fourth-order valence-electron chi connectivity index (χ4n) is 4.57. The number of hydrogen-bond acceptors (Lipinski definition) is 1. The third kappa shape index (κ3) is 3.51. The Balaban J connectivity index is 1.84. The summed E-state index contributed by atoms with van der Waals surface area (Å²) in [5.74, 6) is 0.914. The van der Waals surface area contributed by atoms with Crippen molar-refractivity contribution in [3.63, 3.8) is 0 Å². The van der Waals surface area contributed by atoms with Crippen molar-refractivity contribution in [2.24, 2.45) is 11.3 Å². The summed E-state index contributed by atoms with van der Waals surface area (Å²) >= 11 is 0. The van der Waals surface area contributed by atoms with E-state index in [0.29, 0.717) is 5.41 Å². The molecule has 1 fully saturated rings. The third-order valence-corrected chi connectivity index (χ3v) is 5.93. The van der Waals surface area contributed by atoms with Crippen LogP contribution >= 0.6 is 0 Å². The van der Waals surface area contributed by atoms with Crippen LogP contribution < -0.4 is 0 Å². The Morgan fingerprint density at radius 1 is 1.14 bits per heavy atom. The van der Waals surface area contributed by atoms with Crippen LogP contribution in [0.1, 0.15) is 56.6 Å². The lowest BCUT2D eigenvalue weighted by Gasteiger charge is -2.42. The van der Waals surface area contributed by atoms with Crippen LogP contribution in [0.4, 0.5) is 0 Å². The molecular weight excluding hydrogens is 254 g/mol. The van der Waals surface area contributed by atoms with Gasteiger partial charge < -0.3 is 4.90 Å². The highest BCUT2D eigenvalue weighted by Crippen LogP contribution is 2.45. The monoisotopic (exact) mass is 285 g/mol. The molecular formula is C20H31N. The lowest BCUT2D eigenvalue weighted by atomic mass is 9.69. The summed E-state index contributed by atoms with van der Waals surface area (Å²) < 4.78 is 0. The number of nitrogens with zero attached hydrogens (tertiary/aromatic N) is 1. The first-order valence-corrected chi connectivity index (χ1v) is 8.96. The number of benzene rings is 1. The van der Waals surface area contributed by atoms with Gasteiger partial charge in [-0.15, -0.1) is 0 Å². The van der Waals surface area contributed by atoms with Gasteiger partial charge in [0.1, 0.15) is 0 Å². The third-order valence-electron chi connectivity index (χ3n) is 5.93. The molecule has 1 nitrogen and oxygen atoms in total. The quantitative estimate of drug-likeness (QED) is 0.778. The maximum absolute atomic E-state index is 2.52. The number of likely N-dealkylation sites (tertiary alicyclic amines) is 1. The Bertz CT molecular complexity index is 457. The lowest BCUT2D eigenvalue weighted by Crippen LogP contribution is -2.40. The van der Waals surface area contributed by atoms with Crippen LogP contribution in [0, 0.1) is 11.3 Å². The van der Waals surface area contributed by atoms with Crippen LogP contribution in [-0.4, -0.2) is 25.0 Å². The first-order chi connectivity index (χ1) is 10.2. The van der Waals surface area contributed by atoms with Crippen LogP contribution in [0.5, 0.6) is 0 Å². The second-order valence-corrected chi connectivity index (χ2v) is 7.67. The molecule has 1 aliphatic carbocycles. The van der Waals surface area contributed by atoms with Crippen LogP contribution in [0.2, 0.25) is 0 Å². The van der Waals surface area contributed by atoms with Gasteiger partial charge in [-0.25, -0.2) is 0 Å². The molecule has 0 amide bonds. The summed E-state index contributed by atoms with van der Waals surface area (Å²) in [6, 6.07) is 9.27. The number of hydrogen-bond donors (Lipinski definition) is 0. The second kappa shape index (κ2) is 6.52. The smallest absolute Gasteiger partial charge is 0.00164 e. The number of unbranched alkanes of at least 4 members (excludes halogenated alkanes) is 1. The van der Waals surface area contributed by atoms with E-state index in [4.69, 9.17) is 0 Å². The SMILES string of the molecule is CCCCC1Cc2ccccc2CC2(CCN(C)CC2)C1. The van der Waals surface area contributed by atoms with Gasteiger partial charge in [-0.3, -0.25) is 0 Å².